The molecule has 13 heavy (non-hydrogen) atoms. The van der Waals surface area contributed by atoms with E-state index in [0.29, 0.717) is 11.4 Å². The first-order valence-electron chi connectivity index (χ1n) is 3.99. The molecule has 0 aliphatic rings. The Morgan fingerprint density at radius 3 is 2.69 bits per heavy atom. The van der Waals surface area contributed by atoms with Gasteiger partial charge in [-0.3, -0.25) is 0 Å². The third-order valence-electron chi connectivity index (χ3n) is 1.51. The van der Waals surface area contributed by atoms with Crippen molar-refractivity contribution in [1.29, 1.82) is 0 Å². The second-order valence-corrected chi connectivity index (χ2v) is 3.09. The van der Waals surface area contributed by atoms with Crippen molar-refractivity contribution in [3.8, 4) is 5.75 Å². The average molecular weight is 199 g/mol. The molecule has 0 bridgehead atoms. The van der Waals surface area contributed by atoms with Crippen molar-refractivity contribution in [1.82, 2.24) is 0 Å². The summed E-state index contributed by atoms with van der Waals surface area (Å²) >= 11 is 5.72. The molecule has 0 aromatic heterocycles. The molecule has 0 amide bonds. The molecule has 1 aromatic rings. The van der Waals surface area contributed by atoms with Gasteiger partial charge in [0.15, 0.2) is 0 Å². The van der Waals surface area contributed by atoms with Crippen molar-refractivity contribution in [2.24, 2.45) is 0 Å². The van der Waals surface area contributed by atoms with Crippen LogP contribution in [0.3, 0.4) is 0 Å². The Balaban J connectivity index is 2.77. The normalized spacial score (nSPS) is 10.9. The van der Waals surface area contributed by atoms with E-state index in [-0.39, 0.29) is 12.4 Å². The lowest BCUT2D eigenvalue weighted by atomic mass is 10.2. The van der Waals surface area contributed by atoms with Crippen molar-refractivity contribution < 1.29 is 10.2 Å². The van der Waals surface area contributed by atoms with Crippen LogP contribution in [0.1, 0.15) is 12.0 Å². The van der Waals surface area contributed by atoms with Gasteiger partial charge in [-0.2, -0.15) is 0 Å². The molecule has 1 aromatic carbocycles. The predicted octanol–water partition coefficient (Wildman–Crippen LogP) is 2.44. The zero-order chi connectivity index (χ0) is 9.68. The van der Waals surface area contributed by atoms with Crippen molar-refractivity contribution in [3.63, 3.8) is 0 Å². The van der Waals surface area contributed by atoms with Gasteiger partial charge in [0.05, 0.1) is 0 Å². The first kappa shape index (κ1) is 10.1. The third-order valence-corrected chi connectivity index (χ3v) is 1.73. The van der Waals surface area contributed by atoms with Gasteiger partial charge in [0, 0.05) is 11.6 Å². The molecule has 0 aliphatic heterocycles. The van der Waals surface area contributed by atoms with E-state index in [1.54, 1.807) is 12.1 Å². The van der Waals surface area contributed by atoms with Crippen molar-refractivity contribution in [2.75, 3.05) is 6.61 Å². The van der Waals surface area contributed by atoms with Crippen LogP contribution >= 0.6 is 11.6 Å². The van der Waals surface area contributed by atoms with E-state index in [1.807, 2.05) is 12.2 Å². The highest BCUT2D eigenvalue weighted by Gasteiger charge is 1.94. The number of aliphatic hydroxyl groups excluding tert-OH is 1. The largest absolute Gasteiger partial charge is 0.508 e. The van der Waals surface area contributed by atoms with Gasteiger partial charge < -0.3 is 10.2 Å². The van der Waals surface area contributed by atoms with Gasteiger partial charge in [-0.25, -0.2) is 0 Å². The highest BCUT2D eigenvalue weighted by Crippen LogP contribution is 2.20. The maximum Gasteiger partial charge on any atom is 0.117 e. The lowest BCUT2D eigenvalue weighted by molar-refractivity contribution is 0.303. The number of benzene rings is 1. The lowest BCUT2D eigenvalue weighted by Gasteiger charge is -1.97. The monoisotopic (exact) mass is 198 g/mol. The van der Waals surface area contributed by atoms with Crippen LogP contribution in [0, 0.1) is 0 Å². The van der Waals surface area contributed by atoms with E-state index in [0.717, 1.165) is 5.56 Å². The number of halogens is 1. The summed E-state index contributed by atoms with van der Waals surface area (Å²) in [7, 11) is 0. The third kappa shape index (κ3) is 3.49. The molecular formula is C10H11ClO2. The van der Waals surface area contributed by atoms with Crippen LogP contribution in [0.4, 0.5) is 0 Å². The van der Waals surface area contributed by atoms with E-state index in [9.17, 15) is 5.11 Å². The summed E-state index contributed by atoms with van der Waals surface area (Å²) in [5.41, 5.74) is 0.832. The minimum Gasteiger partial charge on any atom is -0.508 e. The Kier molecular flexibility index (Phi) is 3.80. The average Bonchev–Trinajstić information content (AvgIpc) is 2.03. The quantitative estimate of drug-likeness (QED) is 0.783. The van der Waals surface area contributed by atoms with Crippen LogP contribution in [0.15, 0.2) is 24.3 Å². The van der Waals surface area contributed by atoms with E-state index in [4.69, 9.17) is 16.7 Å². The topological polar surface area (TPSA) is 40.5 Å². The highest BCUT2D eigenvalue weighted by molar-refractivity contribution is 6.30. The zero-order valence-corrected chi connectivity index (χ0v) is 7.83. The minimum absolute atomic E-state index is 0.128. The van der Waals surface area contributed by atoms with Crippen molar-refractivity contribution in [2.45, 2.75) is 6.42 Å². The first-order chi connectivity index (χ1) is 6.22. The lowest BCUT2D eigenvalue weighted by Crippen LogP contribution is -1.77. The highest BCUT2D eigenvalue weighted by atomic mass is 35.5. The minimum atomic E-state index is 0.128. The summed E-state index contributed by atoms with van der Waals surface area (Å²) in [6, 6.07) is 4.83. The number of aliphatic hydroxyl groups is 1. The summed E-state index contributed by atoms with van der Waals surface area (Å²) in [5, 5.41) is 18.2. The smallest absolute Gasteiger partial charge is 0.117 e. The van der Waals surface area contributed by atoms with Gasteiger partial charge in [-0.05, 0) is 30.2 Å². The predicted molar refractivity (Wildman–Crippen MR) is 53.9 cm³/mol. The molecule has 2 nitrogen and oxygen atoms in total. The Bertz CT molecular complexity index is 288. The molecule has 2 N–H and O–H groups in total. The molecule has 0 atom stereocenters. The Morgan fingerprint density at radius 1 is 1.31 bits per heavy atom. The van der Waals surface area contributed by atoms with Gasteiger partial charge >= 0.3 is 0 Å². The molecule has 0 aliphatic carbocycles. The van der Waals surface area contributed by atoms with Crippen LogP contribution in [0.2, 0.25) is 5.02 Å². The number of hydrogen-bond acceptors (Lipinski definition) is 2. The zero-order valence-electron chi connectivity index (χ0n) is 7.07. The van der Waals surface area contributed by atoms with Crippen molar-refractivity contribution in [3.05, 3.63) is 34.9 Å². The molecule has 0 unspecified atom stereocenters. The second-order valence-electron chi connectivity index (χ2n) is 2.66. The van der Waals surface area contributed by atoms with E-state index < -0.39 is 0 Å². The van der Waals surface area contributed by atoms with Crippen molar-refractivity contribution >= 4 is 17.7 Å². The number of hydrogen-bond donors (Lipinski definition) is 2. The summed E-state index contributed by atoms with van der Waals surface area (Å²) in [6.07, 6.45) is 4.24. The number of rotatable bonds is 3. The molecule has 0 spiro atoms. The van der Waals surface area contributed by atoms with Gasteiger partial charge in [-0.15, -0.1) is 0 Å². The SMILES string of the molecule is OCCC=Cc1cc(O)cc(Cl)c1. The molecule has 0 radical (unpaired) electrons. The standard InChI is InChI=1S/C10H11ClO2/c11-9-5-8(3-1-2-4-12)6-10(13)7-9/h1,3,5-7,12-13H,2,4H2. The number of phenols is 1. The summed E-state index contributed by atoms with van der Waals surface area (Å²) in [5.74, 6) is 0.149. The number of phenolic OH excluding ortho intramolecular Hbond substituents is 1. The van der Waals surface area contributed by atoms with Crippen LogP contribution in [-0.2, 0) is 0 Å². The van der Waals surface area contributed by atoms with Gasteiger partial charge in [0.25, 0.3) is 0 Å². The molecule has 70 valence electrons. The summed E-state index contributed by atoms with van der Waals surface area (Å²) in [6.45, 7) is 0.128. The molecule has 0 fully saturated rings. The fraction of sp³-hybridized carbons (Fsp3) is 0.200. The molecule has 1 rings (SSSR count). The van der Waals surface area contributed by atoms with Gasteiger partial charge in [0.1, 0.15) is 5.75 Å². The van der Waals surface area contributed by atoms with Gasteiger partial charge in [-0.1, -0.05) is 23.8 Å². The Labute approximate surface area is 82.1 Å². The van der Waals surface area contributed by atoms with Crippen LogP contribution in [0.5, 0.6) is 5.75 Å². The number of aromatic hydroxyl groups is 1. The maximum absolute atomic E-state index is 9.18. The van der Waals surface area contributed by atoms with E-state index in [2.05, 4.69) is 0 Å². The van der Waals surface area contributed by atoms with Crippen LogP contribution in [0.25, 0.3) is 6.08 Å². The fourth-order valence-corrected chi connectivity index (χ4v) is 1.22. The Hall–Kier alpha value is -0.990. The Morgan fingerprint density at radius 2 is 2.08 bits per heavy atom. The molecule has 3 heteroatoms. The second kappa shape index (κ2) is 4.90. The molecule has 0 saturated heterocycles. The van der Waals surface area contributed by atoms with Crippen LogP contribution in [-0.4, -0.2) is 16.8 Å². The fourth-order valence-electron chi connectivity index (χ4n) is 0.986. The van der Waals surface area contributed by atoms with E-state index >= 15 is 0 Å². The van der Waals surface area contributed by atoms with Crippen LogP contribution < -0.4 is 0 Å². The maximum atomic E-state index is 9.18. The molecule has 0 saturated carbocycles. The molecular weight excluding hydrogens is 188 g/mol. The van der Waals surface area contributed by atoms with Gasteiger partial charge in [0.2, 0.25) is 0 Å². The van der Waals surface area contributed by atoms with E-state index in [1.165, 1.54) is 6.07 Å². The first-order valence-corrected chi connectivity index (χ1v) is 4.37. The summed E-state index contributed by atoms with van der Waals surface area (Å²) in [4.78, 5) is 0. The summed E-state index contributed by atoms with van der Waals surface area (Å²) < 4.78 is 0. The molecule has 0 heterocycles.